The van der Waals surface area contributed by atoms with Gasteiger partial charge < -0.3 is 9.47 Å². The first-order valence-corrected chi connectivity index (χ1v) is 8.04. The second-order valence-electron chi connectivity index (χ2n) is 6.68. The summed E-state index contributed by atoms with van der Waals surface area (Å²) in [6.07, 6.45) is 13.3. The lowest BCUT2D eigenvalue weighted by Gasteiger charge is -2.40. The van der Waals surface area contributed by atoms with Crippen LogP contribution in [0.5, 0.6) is 0 Å². The van der Waals surface area contributed by atoms with Gasteiger partial charge in [-0.15, -0.1) is 0 Å². The molecule has 110 valence electrons. The summed E-state index contributed by atoms with van der Waals surface area (Å²) in [4.78, 5) is 0. The van der Waals surface area contributed by atoms with Crippen LogP contribution in [-0.4, -0.2) is 24.4 Å². The van der Waals surface area contributed by atoms with E-state index >= 15 is 0 Å². The van der Waals surface area contributed by atoms with Crippen LogP contribution in [0.1, 0.15) is 65.7 Å². The molecular formula is C17H30O2. The Morgan fingerprint density at radius 1 is 1.32 bits per heavy atom. The fourth-order valence-electron chi connectivity index (χ4n) is 3.50. The number of epoxide rings is 1. The molecule has 1 saturated carbocycles. The standard InChI is InChI=1S/C17H30O2/c1-4-5-6-7-10-13-18-16(2,3)15-11-8-9-12-17(15)14-19-17/h7,10,15H,4-6,8-9,11-14H2,1-3H3/b10-7+. The molecule has 2 aliphatic rings. The molecule has 1 aliphatic carbocycles. The molecule has 2 nitrogen and oxygen atoms in total. The molecule has 2 heteroatoms. The van der Waals surface area contributed by atoms with Gasteiger partial charge in [0, 0.05) is 5.92 Å². The van der Waals surface area contributed by atoms with Gasteiger partial charge in [-0.05, 0) is 33.1 Å². The van der Waals surface area contributed by atoms with Crippen LogP contribution in [0.15, 0.2) is 12.2 Å². The quantitative estimate of drug-likeness (QED) is 0.385. The predicted octanol–water partition coefficient (Wildman–Crippen LogP) is 4.49. The van der Waals surface area contributed by atoms with Gasteiger partial charge in [0.25, 0.3) is 0 Å². The summed E-state index contributed by atoms with van der Waals surface area (Å²) >= 11 is 0. The highest BCUT2D eigenvalue weighted by Crippen LogP contribution is 2.51. The SMILES string of the molecule is CCCC/C=C/COC(C)(C)C1CCCCC12CO2. The van der Waals surface area contributed by atoms with Crippen molar-refractivity contribution in [3.8, 4) is 0 Å². The lowest BCUT2D eigenvalue weighted by molar-refractivity contribution is -0.0841. The highest BCUT2D eigenvalue weighted by atomic mass is 16.6. The lowest BCUT2D eigenvalue weighted by Crippen LogP contribution is -2.45. The van der Waals surface area contributed by atoms with Crippen molar-refractivity contribution in [2.45, 2.75) is 76.9 Å². The second kappa shape index (κ2) is 6.41. The highest BCUT2D eigenvalue weighted by Gasteiger charge is 2.57. The molecular weight excluding hydrogens is 236 g/mol. The minimum Gasteiger partial charge on any atom is -0.371 e. The third-order valence-electron chi connectivity index (χ3n) is 4.77. The third-order valence-corrected chi connectivity index (χ3v) is 4.77. The molecule has 19 heavy (non-hydrogen) atoms. The van der Waals surface area contributed by atoms with E-state index in [0.717, 1.165) is 13.2 Å². The minimum absolute atomic E-state index is 0.0635. The van der Waals surface area contributed by atoms with Gasteiger partial charge in [0.05, 0.1) is 24.4 Å². The summed E-state index contributed by atoms with van der Waals surface area (Å²) in [6, 6.07) is 0. The number of hydrogen-bond donors (Lipinski definition) is 0. The monoisotopic (exact) mass is 266 g/mol. The molecule has 2 rings (SSSR count). The van der Waals surface area contributed by atoms with Crippen molar-refractivity contribution in [3.63, 3.8) is 0 Å². The summed E-state index contributed by atoms with van der Waals surface area (Å²) in [5.74, 6) is 0.567. The molecule has 0 amide bonds. The maximum absolute atomic E-state index is 6.16. The normalized spacial score (nSPS) is 31.2. The van der Waals surface area contributed by atoms with Gasteiger partial charge in [-0.1, -0.05) is 44.8 Å². The molecule has 2 unspecified atom stereocenters. The Morgan fingerprint density at radius 3 is 2.79 bits per heavy atom. The molecule has 0 N–H and O–H groups in total. The molecule has 2 fully saturated rings. The molecule has 0 radical (unpaired) electrons. The van der Waals surface area contributed by atoms with Gasteiger partial charge in [-0.2, -0.15) is 0 Å². The largest absolute Gasteiger partial charge is 0.371 e. The van der Waals surface area contributed by atoms with Gasteiger partial charge in [0.2, 0.25) is 0 Å². The Morgan fingerprint density at radius 2 is 2.11 bits per heavy atom. The van der Waals surface area contributed by atoms with E-state index in [9.17, 15) is 0 Å². The molecule has 0 bridgehead atoms. The molecule has 0 aromatic carbocycles. The van der Waals surface area contributed by atoms with Crippen LogP contribution >= 0.6 is 0 Å². The molecule has 1 spiro atoms. The molecule has 1 heterocycles. The van der Waals surface area contributed by atoms with E-state index in [1.165, 1.54) is 44.9 Å². The number of hydrogen-bond acceptors (Lipinski definition) is 2. The van der Waals surface area contributed by atoms with E-state index in [1.54, 1.807) is 0 Å². The maximum Gasteiger partial charge on any atom is 0.0971 e. The van der Waals surface area contributed by atoms with Gasteiger partial charge in [0.1, 0.15) is 0 Å². The van der Waals surface area contributed by atoms with Gasteiger partial charge >= 0.3 is 0 Å². The summed E-state index contributed by atoms with van der Waals surface area (Å²) in [6.45, 7) is 8.41. The minimum atomic E-state index is -0.0635. The van der Waals surface area contributed by atoms with E-state index in [1.807, 2.05) is 0 Å². The van der Waals surface area contributed by atoms with Crippen molar-refractivity contribution in [3.05, 3.63) is 12.2 Å². The van der Waals surface area contributed by atoms with Crippen LogP contribution in [0.3, 0.4) is 0 Å². The molecule has 0 aromatic rings. The summed E-state index contributed by atoms with van der Waals surface area (Å²) < 4.78 is 12.0. The Bertz CT molecular complexity index is 302. The molecule has 1 saturated heterocycles. The van der Waals surface area contributed by atoms with Crippen LogP contribution in [0.25, 0.3) is 0 Å². The van der Waals surface area contributed by atoms with Crippen LogP contribution in [0.4, 0.5) is 0 Å². The summed E-state index contributed by atoms with van der Waals surface area (Å²) in [5, 5.41) is 0. The first-order chi connectivity index (χ1) is 9.11. The predicted molar refractivity (Wildman–Crippen MR) is 79.3 cm³/mol. The third kappa shape index (κ3) is 3.82. The first-order valence-electron chi connectivity index (χ1n) is 8.04. The average Bonchev–Trinajstić information content (AvgIpc) is 3.14. The smallest absolute Gasteiger partial charge is 0.0971 e. The van der Waals surface area contributed by atoms with Crippen molar-refractivity contribution in [2.24, 2.45) is 5.92 Å². The van der Waals surface area contributed by atoms with Crippen molar-refractivity contribution < 1.29 is 9.47 Å². The van der Waals surface area contributed by atoms with Crippen LogP contribution < -0.4 is 0 Å². The van der Waals surface area contributed by atoms with E-state index in [4.69, 9.17) is 9.47 Å². The number of ether oxygens (including phenoxy) is 2. The van der Waals surface area contributed by atoms with Crippen molar-refractivity contribution >= 4 is 0 Å². The Balaban J connectivity index is 1.79. The van der Waals surface area contributed by atoms with Crippen molar-refractivity contribution in [2.75, 3.05) is 13.2 Å². The maximum atomic E-state index is 6.16. The Kier molecular flexibility index (Phi) is 5.08. The van der Waals surface area contributed by atoms with Crippen LogP contribution in [-0.2, 0) is 9.47 Å². The topological polar surface area (TPSA) is 21.8 Å². The van der Waals surface area contributed by atoms with Crippen molar-refractivity contribution in [1.29, 1.82) is 0 Å². The van der Waals surface area contributed by atoms with E-state index in [2.05, 4.69) is 32.9 Å². The van der Waals surface area contributed by atoms with E-state index in [-0.39, 0.29) is 11.2 Å². The average molecular weight is 266 g/mol. The fraction of sp³-hybridized carbons (Fsp3) is 0.882. The Hall–Kier alpha value is -0.340. The van der Waals surface area contributed by atoms with Gasteiger partial charge in [-0.3, -0.25) is 0 Å². The summed E-state index contributed by atoms with van der Waals surface area (Å²) in [7, 11) is 0. The second-order valence-corrected chi connectivity index (χ2v) is 6.68. The van der Waals surface area contributed by atoms with E-state index in [0.29, 0.717) is 5.92 Å². The van der Waals surface area contributed by atoms with Crippen LogP contribution in [0, 0.1) is 5.92 Å². The number of allylic oxidation sites excluding steroid dienone is 1. The molecule has 2 atom stereocenters. The van der Waals surface area contributed by atoms with E-state index < -0.39 is 0 Å². The van der Waals surface area contributed by atoms with Crippen LogP contribution in [0.2, 0.25) is 0 Å². The zero-order valence-electron chi connectivity index (χ0n) is 12.9. The van der Waals surface area contributed by atoms with Crippen molar-refractivity contribution in [1.82, 2.24) is 0 Å². The van der Waals surface area contributed by atoms with Gasteiger partial charge in [0.15, 0.2) is 0 Å². The zero-order chi connectivity index (χ0) is 13.8. The number of rotatable bonds is 7. The first kappa shape index (κ1) is 15.1. The lowest BCUT2D eigenvalue weighted by atomic mass is 9.71. The zero-order valence-corrected chi connectivity index (χ0v) is 12.9. The fourth-order valence-corrected chi connectivity index (χ4v) is 3.50. The highest BCUT2D eigenvalue weighted by molar-refractivity contribution is 5.06. The number of unbranched alkanes of at least 4 members (excludes halogenated alkanes) is 2. The Labute approximate surface area is 118 Å². The summed E-state index contributed by atoms with van der Waals surface area (Å²) in [5.41, 5.74) is 0.111. The van der Waals surface area contributed by atoms with Gasteiger partial charge in [-0.25, -0.2) is 0 Å². The molecule has 0 aromatic heterocycles. The molecule has 1 aliphatic heterocycles.